The first-order valence-electron chi connectivity index (χ1n) is 10.1. The van der Waals surface area contributed by atoms with Gasteiger partial charge in [-0.05, 0) is 62.6 Å². The number of rotatable bonds is 3. The predicted octanol–water partition coefficient (Wildman–Crippen LogP) is 4.49. The summed E-state index contributed by atoms with van der Waals surface area (Å²) in [5.41, 5.74) is 4.74. The SMILES string of the molecule is Cc1ccc(-n2cnc3c(N4CCCCC4)nc(-c4ccc(O)cc4)nc32)cc1. The number of imidazole rings is 1. The topological polar surface area (TPSA) is 67.1 Å². The van der Waals surface area contributed by atoms with Crippen molar-refractivity contribution in [3.8, 4) is 22.8 Å². The van der Waals surface area contributed by atoms with E-state index in [1.807, 2.05) is 23.0 Å². The Hall–Kier alpha value is -3.41. The number of benzene rings is 2. The van der Waals surface area contributed by atoms with Gasteiger partial charge in [0.15, 0.2) is 22.8 Å². The molecule has 0 radical (unpaired) electrons. The average Bonchev–Trinajstić information content (AvgIpc) is 3.19. The van der Waals surface area contributed by atoms with E-state index in [1.54, 1.807) is 12.1 Å². The van der Waals surface area contributed by atoms with Crippen molar-refractivity contribution in [3.63, 3.8) is 0 Å². The minimum atomic E-state index is 0.232. The van der Waals surface area contributed by atoms with Gasteiger partial charge in [0.25, 0.3) is 0 Å². The molecule has 0 unspecified atom stereocenters. The molecule has 0 aliphatic carbocycles. The molecule has 0 amide bonds. The third-order valence-corrected chi connectivity index (χ3v) is 5.47. The highest BCUT2D eigenvalue weighted by atomic mass is 16.3. The maximum atomic E-state index is 9.65. The van der Waals surface area contributed by atoms with Crippen LogP contribution in [0, 0.1) is 6.92 Å². The summed E-state index contributed by atoms with van der Waals surface area (Å²) in [5.74, 6) is 1.77. The van der Waals surface area contributed by atoms with Gasteiger partial charge in [-0.2, -0.15) is 0 Å². The number of aromatic nitrogens is 4. The lowest BCUT2D eigenvalue weighted by Crippen LogP contribution is -2.30. The zero-order chi connectivity index (χ0) is 19.8. The van der Waals surface area contributed by atoms with Crippen molar-refractivity contribution >= 4 is 17.0 Å². The Morgan fingerprint density at radius 3 is 2.31 bits per heavy atom. The Morgan fingerprint density at radius 2 is 1.59 bits per heavy atom. The standard InChI is InChI=1S/C23H23N5O/c1-16-5-9-18(10-6-16)28-15-24-20-22(27-13-3-2-4-14-27)25-21(26-23(20)28)17-7-11-19(29)12-8-17/h5-12,15,29H,2-4,13-14H2,1H3. The van der Waals surface area contributed by atoms with Crippen LogP contribution < -0.4 is 4.90 Å². The van der Waals surface area contributed by atoms with Crippen molar-refractivity contribution in [3.05, 3.63) is 60.4 Å². The minimum Gasteiger partial charge on any atom is -0.508 e. The molecule has 1 fully saturated rings. The molecule has 29 heavy (non-hydrogen) atoms. The third kappa shape index (κ3) is 3.31. The number of nitrogens with zero attached hydrogens (tertiary/aromatic N) is 5. The Balaban J connectivity index is 1.71. The van der Waals surface area contributed by atoms with Crippen molar-refractivity contribution in [2.45, 2.75) is 26.2 Å². The maximum absolute atomic E-state index is 9.65. The third-order valence-electron chi connectivity index (χ3n) is 5.47. The largest absolute Gasteiger partial charge is 0.508 e. The van der Waals surface area contributed by atoms with E-state index in [4.69, 9.17) is 15.0 Å². The highest BCUT2D eigenvalue weighted by Gasteiger charge is 2.21. The minimum absolute atomic E-state index is 0.232. The molecular weight excluding hydrogens is 362 g/mol. The first-order chi connectivity index (χ1) is 14.2. The fourth-order valence-electron chi connectivity index (χ4n) is 3.85. The van der Waals surface area contributed by atoms with Crippen LogP contribution in [-0.2, 0) is 0 Å². The van der Waals surface area contributed by atoms with Gasteiger partial charge in [-0.1, -0.05) is 17.7 Å². The number of phenolic OH excluding ortho intramolecular Hbond substituents is 1. The molecule has 1 aliphatic heterocycles. The highest BCUT2D eigenvalue weighted by molar-refractivity contribution is 5.87. The van der Waals surface area contributed by atoms with Gasteiger partial charge < -0.3 is 10.0 Å². The van der Waals surface area contributed by atoms with Gasteiger partial charge in [0.05, 0.1) is 0 Å². The van der Waals surface area contributed by atoms with Crippen molar-refractivity contribution in [1.82, 2.24) is 19.5 Å². The van der Waals surface area contributed by atoms with Gasteiger partial charge in [0.1, 0.15) is 12.1 Å². The number of hydrogen-bond donors (Lipinski definition) is 1. The molecule has 0 bridgehead atoms. The number of phenols is 1. The van der Waals surface area contributed by atoms with E-state index in [2.05, 4.69) is 36.1 Å². The quantitative estimate of drug-likeness (QED) is 0.563. The lowest BCUT2D eigenvalue weighted by molar-refractivity contribution is 0.475. The molecule has 1 N–H and O–H groups in total. The van der Waals surface area contributed by atoms with Crippen LogP contribution >= 0.6 is 0 Å². The number of anilines is 1. The second-order valence-electron chi connectivity index (χ2n) is 7.59. The number of aryl methyl sites for hydroxylation is 1. The first kappa shape index (κ1) is 17.7. The molecule has 3 heterocycles. The van der Waals surface area contributed by atoms with Crippen molar-refractivity contribution in [1.29, 1.82) is 0 Å². The van der Waals surface area contributed by atoms with Crippen molar-refractivity contribution in [2.75, 3.05) is 18.0 Å². The lowest BCUT2D eigenvalue weighted by Gasteiger charge is -2.28. The number of piperidine rings is 1. The van der Waals surface area contributed by atoms with Gasteiger partial charge in [0, 0.05) is 24.3 Å². The van der Waals surface area contributed by atoms with Gasteiger partial charge in [-0.3, -0.25) is 4.57 Å². The molecule has 146 valence electrons. The first-order valence-corrected chi connectivity index (χ1v) is 10.1. The summed E-state index contributed by atoms with van der Waals surface area (Å²) < 4.78 is 2.02. The van der Waals surface area contributed by atoms with E-state index in [0.29, 0.717) is 5.82 Å². The van der Waals surface area contributed by atoms with E-state index < -0.39 is 0 Å². The van der Waals surface area contributed by atoms with E-state index in [0.717, 1.165) is 41.3 Å². The van der Waals surface area contributed by atoms with Crippen LogP contribution in [-0.4, -0.2) is 37.7 Å². The van der Waals surface area contributed by atoms with Gasteiger partial charge in [0.2, 0.25) is 0 Å². The van der Waals surface area contributed by atoms with Gasteiger partial charge in [-0.25, -0.2) is 15.0 Å². The Labute approximate surface area is 169 Å². The number of hydrogen-bond acceptors (Lipinski definition) is 5. The second-order valence-corrected chi connectivity index (χ2v) is 7.59. The fraction of sp³-hybridized carbons (Fsp3) is 0.261. The molecule has 1 saturated heterocycles. The second kappa shape index (κ2) is 7.20. The molecule has 2 aromatic heterocycles. The van der Waals surface area contributed by atoms with E-state index in [9.17, 15) is 5.11 Å². The smallest absolute Gasteiger partial charge is 0.170 e. The zero-order valence-corrected chi connectivity index (χ0v) is 16.4. The molecule has 0 atom stereocenters. The molecule has 2 aromatic carbocycles. The van der Waals surface area contributed by atoms with Crippen LogP contribution in [0.2, 0.25) is 0 Å². The summed E-state index contributed by atoms with van der Waals surface area (Å²) in [6, 6.07) is 15.4. The number of fused-ring (bicyclic) bond motifs is 1. The lowest BCUT2D eigenvalue weighted by atomic mass is 10.1. The van der Waals surface area contributed by atoms with Crippen LogP contribution in [0.25, 0.3) is 28.2 Å². The molecule has 6 nitrogen and oxygen atoms in total. The van der Waals surface area contributed by atoms with Crippen LogP contribution in [0.4, 0.5) is 5.82 Å². The van der Waals surface area contributed by atoms with E-state index in [-0.39, 0.29) is 5.75 Å². The Bertz CT molecular complexity index is 1140. The van der Waals surface area contributed by atoms with E-state index in [1.165, 1.54) is 24.8 Å². The number of aromatic hydroxyl groups is 1. The predicted molar refractivity (Wildman–Crippen MR) is 115 cm³/mol. The van der Waals surface area contributed by atoms with Crippen LogP contribution in [0.1, 0.15) is 24.8 Å². The van der Waals surface area contributed by atoms with Crippen molar-refractivity contribution < 1.29 is 5.11 Å². The van der Waals surface area contributed by atoms with Crippen LogP contribution in [0.3, 0.4) is 0 Å². The molecule has 4 aromatic rings. The molecule has 0 spiro atoms. The summed E-state index contributed by atoms with van der Waals surface area (Å²) in [4.78, 5) is 16.8. The van der Waals surface area contributed by atoms with E-state index >= 15 is 0 Å². The Morgan fingerprint density at radius 1 is 0.862 bits per heavy atom. The van der Waals surface area contributed by atoms with Gasteiger partial charge in [-0.15, -0.1) is 0 Å². The summed E-state index contributed by atoms with van der Waals surface area (Å²) >= 11 is 0. The Kier molecular flexibility index (Phi) is 4.39. The highest BCUT2D eigenvalue weighted by Crippen LogP contribution is 2.30. The normalized spacial score (nSPS) is 14.4. The molecule has 0 saturated carbocycles. The maximum Gasteiger partial charge on any atom is 0.170 e. The molecule has 6 heteroatoms. The van der Waals surface area contributed by atoms with Crippen LogP contribution in [0.5, 0.6) is 5.75 Å². The molecule has 5 rings (SSSR count). The molecular formula is C23H23N5O. The van der Waals surface area contributed by atoms with Crippen LogP contribution in [0.15, 0.2) is 54.9 Å². The summed E-state index contributed by atoms with van der Waals surface area (Å²) in [7, 11) is 0. The monoisotopic (exact) mass is 385 g/mol. The van der Waals surface area contributed by atoms with Crippen molar-refractivity contribution in [2.24, 2.45) is 0 Å². The summed E-state index contributed by atoms with van der Waals surface area (Å²) in [6.07, 6.45) is 5.42. The summed E-state index contributed by atoms with van der Waals surface area (Å²) in [6.45, 7) is 4.05. The molecule has 1 aliphatic rings. The zero-order valence-electron chi connectivity index (χ0n) is 16.4. The summed E-state index contributed by atoms with van der Waals surface area (Å²) in [5, 5.41) is 9.65. The average molecular weight is 385 g/mol. The fourth-order valence-corrected chi connectivity index (χ4v) is 3.85. The van der Waals surface area contributed by atoms with Gasteiger partial charge >= 0.3 is 0 Å².